The molecule has 1 atom stereocenters. The minimum absolute atomic E-state index is 0.245. The van der Waals surface area contributed by atoms with Crippen molar-refractivity contribution in [1.29, 1.82) is 0 Å². The molecule has 2 heterocycles. The number of hydrogen-bond acceptors (Lipinski definition) is 4. The first-order chi connectivity index (χ1) is 5.27. The zero-order valence-corrected chi connectivity index (χ0v) is 6.02. The average Bonchev–Trinajstić information content (AvgIpc) is 2.36. The van der Waals surface area contributed by atoms with Crippen LogP contribution in [-0.2, 0) is 0 Å². The molecule has 2 N–H and O–H groups in total. The number of hydroxylamine groups is 2. The molecule has 1 aromatic heterocycles. The van der Waals surface area contributed by atoms with Crippen molar-refractivity contribution in [1.82, 2.24) is 15.0 Å². The standard InChI is InChI=1S/C6H8N4O/c1-4-9-6-5(2-10(4)11)7-3-8-6/h2-4,11H,1H3,(H,7,8,9). The Morgan fingerprint density at radius 1 is 1.73 bits per heavy atom. The van der Waals surface area contributed by atoms with Crippen LogP contribution in [0, 0.1) is 0 Å². The van der Waals surface area contributed by atoms with Gasteiger partial charge in [-0.2, -0.15) is 0 Å². The number of rotatable bonds is 0. The minimum Gasteiger partial charge on any atom is -0.342 e. The van der Waals surface area contributed by atoms with Gasteiger partial charge < -0.3 is 4.98 Å². The molecule has 1 aliphatic heterocycles. The van der Waals surface area contributed by atoms with Crippen LogP contribution in [0.3, 0.4) is 0 Å². The first-order valence-corrected chi connectivity index (χ1v) is 3.33. The van der Waals surface area contributed by atoms with Crippen LogP contribution in [0.2, 0.25) is 0 Å². The van der Waals surface area contributed by atoms with E-state index in [1.54, 1.807) is 19.5 Å². The molecule has 0 aromatic carbocycles. The lowest BCUT2D eigenvalue weighted by molar-refractivity contribution is -0.0542. The normalized spacial score (nSPS) is 22.0. The largest absolute Gasteiger partial charge is 0.342 e. The molecule has 5 heteroatoms. The SMILES string of the molecule is CC1N=c2nc[nH]c2=CN1O. The second kappa shape index (κ2) is 2.06. The number of aromatic amines is 1. The molecular weight excluding hydrogens is 144 g/mol. The third-order valence-corrected chi connectivity index (χ3v) is 1.60. The minimum atomic E-state index is -0.245. The maximum absolute atomic E-state index is 9.18. The van der Waals surface area contributed by atoms with Gasteiger partial charge in [0.1, 0.15) is 11.5 Å². The Bertz CT molecular complexity index is 334. The topological polar surface area (TPSA) is 64.5 Å². The lowest BCUT2D eigenvalue weighted by atomic mass is 10.5. The lowest BCUT2D eigenvalue weighted by Crippen LogP contribution is -2.39. The van der Waals surface area contributed by atoms with E-state index in [4.69, 9.17) is 0 Å². The van der Waals surface area contributed by atoms with Crippen molar-refractivity contribution >= 4 is 6.20 Å². The van der Waals surface area contributed by atoms with Gasteiger partial charge in [-0.25, -0.2) is 15.0 Å². The molecule has 0 spiro atoms. The van der Waals surface area contributed by atoms with Gasteiger partial charge in [-0.15, -0.1) is 0 Å². The fourth-order valence-electron chi connectivity index (χ4n) is 0.971. The number of nitrogens with one attached hydrogen (secondary N) is 1. The van der Waals surface area contributed by atoms with Crippen molar-refractivity contribution < 1.29 is 5.21 Å². The number of fused-ring (bicyclic) bond motifs is 1. The van der Waals surface area contributed by atoms with E-state index in [1.807, 2.05) is 0 Å². The van der Waals surface area contributed by atoms with Gasteiger partial charge in [-0.3, -0.25) is 5.21 Å². The van der Waals surface area contributed by atoms with Gasteiger partial charge in [0.15, 0.2) is 5.49 Å². The quantitative estimate of drug-likeness (QED) is 0.491. The van der Waals surface area contributed by atoms with E-state index in [2.05, 4.69) is 15.0 Å². The van der Waals surface area contributed by atoms with Crippen LogP contribution in [0.4, 0.5) is 0 Å². The fraction of sp³-hybridized carbons (Fsp3) is 0.333. The van der Waals surface area contributed by atoms with Crippen LogP contribution in [0.15, 0.2) is 11.3 Å². The summed E-state index contributed by atoms with van der Waals surface area (Å²) < 4.78 is 0. The molecule has 5 nitrogen and oxygen atoms in total. The van der Waals surface area contributed by atoms with E-state index in [-0.39, 0.29) is 6.17 Å². The highest BCUT2D eigenvalue weighted by molar-refractivity contribution is 5.15. The summed E-state index contributed by atoms with van der Waals surface area (Å²) in [6, 6.07) is 0. The molecule has 58 valence electrons. The van der Waals surface area contributed by atoms with Crippen LogP contribution in [-0.4, -0.2) is 26.4 Å². The molecule has 2 rings (SSSR count). The zero-order valence-electron chi connectivity index (χ0n) is 6.02. The number of aromatic nitrogens is 2. The number of imidazole rings is 1. The summed E-state index contributed by atoms with van der Waals surface area (Å²) in [4.78, 5) is 10.9. The summed E-state index contributed by atoms with van der Waals surface area (Å²) in [5, 5.41) is 11.0. The molecule has 1 aromatic rings. The van der Waals surface area contributed by atoms with Crippen molar-refractivity contribution in [2.45, 2.75) is 13.1 Å². The van der Waals surface area contributed by atoms with Crippen molar-refractivity contribution in [2.75, 3.05) is 0 Å². The summed E-state index contributed by atoms with van der Waals surface area (Å²) in [6.07, 6.45) is 2.88. The van der Waals surface area contributed by atoms with Crippen molar-refractivity contribution in [3.63, 3.8) is 0 Å². The Morgan fingerprint density at radius 2 is 2.55 bits per heavy atom. The van der Waals surface area contributed by atoms with Crippen LogP contribution in [0.1, 0.15) is 6.92 Å². The molecule has 0 saturated carbocycles. The molecular formula is C6H8N4O. The number of hydrogen-bond donors (Lipinski definition) is 2. The van der Waals surface area contributed by atoms with Crippen LogP contribution >= 0.6 is 0 Å². The van der Waals surface area contributed by atoms with Crippen LogP contribution in [0.5, 0.6) is 0 Å². The Labute approximate surface area is 62.7 Å². The van der Waals surface area contributed by atoms with Gasteiger partial charge in [0.2, 0.25) is 0 Å². The zero-order chi connectivity index (χ0) is 7.84. The summed E-state index contributed by atoms with van der Waals surface area (Å²) in [6.45, 7) is 1.79. The van der Waals surface area contributed by atoms with Gasteiger partial charge in [0, 0.05) is 0 Å². The molecule has 1 unspecified atom stereocenters. The van der Waals surface area contributed by atoms with Crippen molar-refractivity contribution in [3.8, 4) is 0 Å². The highest BCUT2D eigenvalue weighted by Gasteiger charge is 2.09. The molecule has 11 heavy (non-hydrogen) atoms. The predicted octanol–water partition coefficient (Wildman–Crippen LogP) is -1.18. The molecule has 0 saturated heterocycles. The van der Waals surface area contributed by atoms with E-state index in [9.17, 15) is 5.21 Å². The van der Waals surface area contributed by atoms with E-state index in [0.717, 1.165) is 10.4 Å². The summed E-state index contributed by atoms with van der Waals surface area (Å²) >= 11 is 0. The van der Waals surface area contributed by atoms with Gasteiger partial charge >= 0.3 is 0 Å². The second-order valence-electron chi connectivity index (χ2n) is 2.41. The maximum atomic E-state index is 9.18. The first-order valence-electron chi connectivity index (χ1n) is 3.33. The third-order valence-electron chi connectivity index (χ3n) is 1.60. The number of nitrogens with zero attached hydrogens (tertiary/aromatic N) is 3. The molecule has 0 aliphatic carbocycles. The molecule has 0 fully saturated rings. The fourth-order valence-corrected chi connectivity index (χ4v) is 0.971. The van der Waals surface area contributed by atoms with E-state index < -0.39 is 0 Å². The molecule has 0 radical (unpaired) electrons. The second-order valence-corrected chi connectivity index (χ2v) is 2.41. The van der Waals surface area contributed by atoms with Crippen molar-refractivity contribution in [2.24, 2.45) is 4.99 Å². The van der Waals surface area contributed by atoms with E-state index >= 15 is 0 Å². The van der Waals surface area contributed by atoms with Gasteiger partial charge in [-0.1, -0.05) is 0 Å². The van der Waals surface area contributed by atoms with Crippen LogP contribution in [0.25, 0.3) is 6.20 Å². The lowest BCUT2D eigenvalue weighted by Gasteiger charge is -2.17. The Balaban J connectivity index is 2.69. The van der Waals surface area contributed by atoms with E-state index in [0.29, 0.717) is 5.49 Å². The third kappa shape index (κ3) is 0.894. The average molecular weight is 152 g/mol. The maximum Gasteiger partial charge on any atom is 0.176 e. The molecule has 0 amide bonds. The van der Waals surface area contributed by atoms with Crippen molar-refractivity contribution in [3.05, 3.63) is 17.2 Å². The molecule has 1 aliphatic rings. The van der Waals surface area contributed by atoms with Crippen LogP contribution < -0.4 is 10.8 Å². The Kier molecular flexibility index (Phi) is 1.19. The summed E-state index contributed by atoms with van der Waals surface area (Å²) in [5.74, 6) is 0. The van der Waals surface area contributed by atoms with Gasteiger partial charge in [-0.05, 0) is 6.92 Å². The highest BCUT2D eigenvalue weighted by Crippen LogP contribution is 1.96. The monoisotopic (exact) mass is 152 g/mol. The smallest absolute Gasteiger partial charge is 0.176 e. The van der Waals surface area contributed by atoms with E-state index in [1.165, 1.54) is 0 Å². The Hall–Kier alpha value is -1.36. The van der Waals surface area contributed by atoms with Gasteiger partial charge in [0.05, 0.1) is 12.5 Å². The number of H-pyrrole nitrogens is 1. The summed E-state index contributed by atoms with van der Waals surface area (Å²) in [5.41, 5.74) is 0.655. The van der Waals surface area contributed by atoms with Gasteiger partial charge in [0.25, 0.3) is 0 Å². The Morgan fingerprint density at radius 3 is 3.36 bits per heavy atom. The molecule has 0 bridgehead atoms. The highest BCUT2D eigenvalue weighted by atomic mass is 16.5. The summed E-state index contributed by atoms with van der Waals surface area (Å²) in [7, 11) is 0. The predicted molar refractivity (Wildman–Crippen MR) is 36.9 cm³/mol. The first kappa shape index (κ1) is 6.36.